The van der Waals surface area contributed by atoms with E-state index in [0.717, 1.165) is 0 Å². The van der Waals surface area contributed by atoms with Crippen LogP contribution in [0.3, 0.4) is 0 Å². The van der Waals surface area contributed by atoms with Crippen molar-refractivity contribution < 1.29 is 23.7 Å². The molecule has 0 aliphatic heterocycles. The van der Waals surface area contributed by atoms with Gasteiger partial charge >= 0.3 is 5.97 Å². The van der Waals surface area contributed by atoms with Crippen molar-refractivity contribution in [3.63, 3.8) is 0 Å². The van der Waals surface area contributed by atoms with Crippen LogP contribution in [-0.4, -0.2) is 29.8 Å². The lowest BCUT2D eigenvalue weighted by atomic mass is 10.2. The third kappa shape index (κ3) is 5.42. The van der Waals surface area contributed by atoms with Gasteiger partial charge in [0.25, 0.3) is 0 Å². The zero-order valence-electron chi connectivity index (χ0n) is 15.1. The Labute approximate surface area is 187 Å². The second-order valence-corrected chi connectivity index (χ2v) is 10.3. The van der Waals surface area contributed by atoms with Gasteiger partial charge in [-0.05, 0) is 30.7 Å². The molecule has 2 aromatic rings. The Bertz CT molecular complexity index is 914. The summed E-state index contributed by atoms with van der Waals surface area (Å²) in [5.74, 6) is -0.541. The van der Waals surface area contributed by atoms with Gasteiger partial charge in [-0.2, -0.15) is 0 Å². The van der Waals surface area contributed by atoms with Crippen LogP contribution < -0.4 is 0 Å². The predicted octanol–water partition coefficient (Wildman–Crippen LogP) is 6.60. The highest BCUT2D eigenvalue weighted by Crippen LogP contribution is 2.55. The molecule has 2 aromatic carbocycles. The van der Waals surface area contributed by atoms with Gasteiger partial charge in [0.15, 0.2) is 0 Å². The summed E-state index contributed by atoms with van der Waals surface area (Å²) in [5, 5.41) is -0.164. The predicted molar refractivity (Wildman–Crippen MR) is 115 cm³/mol. The Balaban J connectivity index is 2.54. The third-order valence-corrected chi connectivity index (χ3v) is 7.90. The molecule has 0 spiro atoms. The van der Waals surface area contributed by atoms with Gasteiger partial charge in [0.2, 0.25) is 18.2 Å². The van der Waals surface area contributed by atoms with E-state index in [4.69, 9.17) is 51.1 Å². The van der Waals surface area contributed by atoms with E-state index < -0.39 is 24.2 Å². The average Bonchev–Trinajstić information content (AvgIpc) is 2.64. The highest BCUT2D eigenvalue weighted by molar-refractivity contribution is 7.95. The van der Waals surface area contributed by atoms with Gasteiger partial charge in [0.1, 0.15) is 0 Å². The lowest BCUT2D eigenvalue weighted by Gasteiger charge is -2.18. The summed E-state index contributed by atoms with van der Waals surface area (Å²) in [7, 11) is -4.32. The summed E-state index contributed by atoms with van der Waals surface area (Å²) < 4.78 is 18.6. The Morgan fingerprint density at radius 2 is 1.21 bits per heavy atom. The quantitative estimate of drug-likeness (QED) is 0.234. The molecule has 0 radical (unpaired) electrons. The molecule has 10 heteroatoms. The first kappa shape index (κ1) is 23.9. The van der Waals surface area contributed by atoms with Crippen molar-refractivity contribution in [1.82, 2.24) is 0 Å². The lowest BCUT2D eigenvalue weighted by Crippen LogP contribution is -2.16. The molecule has 0 amide bonds. The first-order chi connectivity index (χ1) is 13.6. The zero-order valence-corrected chi connectivity index (χ0v) is 19.0. The number of benzene rings is 2. The topological polar surface area (TPSA) is 77.5 Å². The van der Waals surface area contributed by atoms with Crippen molar-refractivity contribution in [3.05, 3.63) is 67.6 Å². The highest BCUT2D eigenvalue weighted by atomic mass is 35.5. The van der Waals surface area contributed by atoms with Gasteiger partial charge in [0, 0.05) is 13.1 Å². The first-order valence-corrected chi connectivity index (χ1v) is 11.7. The molecule has 0 heterocycles. The number of rotatable bonds is 8. The zero-order chi connectivity index (χ0) is 21.8. The van der Waals surface area contributed by atoms with Crippen LogP contribution in [0.25, 0.3) is 0 Å². The smallest absolute Gasteiger partial charge is 0.302 e. The first-order valence-electron chi connectivity index (χ1n) is 8.30. The standard InChI is InChI=1S/C19H15Cl4O5P/c1-11(24)28-9-4-10-29(27,18(25)16-12(20)5-2-6-13(16)21)19(26)17-14(22)7-3-8-15(17)23/h2-3,5-8H,4,9-10H2,1H3. The van der Waals surface area contributed by atoms with E-state index in [1.54, 1.807) is 0 Å². The fourth-order valence-electron chi connectivity index (χ4n) is 2.56. The van der Waals surface area contributed by atoms with Gasteiger partial charge in [-0.1, -0.05) is 58.5 Å². The van der Waals surface area contributed by atoms with Crippen LogP contribution in [0.2, 0.25) is 20.1 Å². The molecule has 0 bridgehead atoms. The number of hydrogen-bond donors (Lipinski definition) is 0. The van der Waals surface area contributed by atoms with E-state index in [1.165, 1.54) is 43.3 Å². The van der Waals surface area contributed by atoms with Gasteiger partial charge in [-0.3, -0.25) is 14.4 Å². The van der Waals surface area contributed by atoms with E-state index in [1.807, 2.05) is 0 Å². The van der Waals surface area contributed by atoms with Crippen molar-refractivity contribution in [2.45, 2.75) is 13.3 Å². The number of ether oxygens (including phenoxy) is 1. The van der Waals surface area contributed by atoms with Crippen molar-refractivity contribution in [2.24, 2.45) is 0 Å². The second kappa shape index (κ2) is 10.1. The molecule has 0 aliphatic carbocycles. The molecule has 0 unspecified atom stereocenters. The van der Waals surface area contributed by atoms with Crippen LogP contribution >= 0.6 is 53.5 Å². The minimum Gasteiger partial charge on any atom is -0.466 e. The number of carbonyl (C=O) groups is 3. The maximum Gasteiger partial charge on any atom is 0.302 e. The third-order valence-electron chi connectivity index (χ3n) is 3.93. The molecule has 0 aromatic heterocycles. The molecule has 0 aliphatic rings. The molecule has 5 nitrogen and oxygen atoms in total. The Morgan fingerprint density at radius 3 is 1.55 bits per heavy atom. The van der Waals surface area contributed by atoms with Crippen LogP contribution in [0.1, 0.15) is 34.1 Å². The lowest BCUT2D eigenvalue weighted by molar-refractivity contribution is -0.140. The van der Waals surface area contributed by atoms with E-state index in [2.05, 4.69) is 0 Å². The highest BCUT2D eigenvalue weighted by Gasteiger charge is 2.43. The van der Waals surface area contributed by atoms with Crippen LogP contribution in [-0.2, 0) is 14.1 Å². The number of esters is 1. The van der Waals surface area contributed by atoms with Crippen molar-refractivity contribution >= 4 is 70.6 Å². The van der Waals surface area contributed by atoms with Crippen molar-refractivity contribution in [1.29, 1.82) is 0 Å². The molecular weight excluding hydrogens is 481 g/mol. The van der Waals surface area contributed by atoms with E-state index >= 15 is 0 Å². The fourth-order valence-corrected chi connectivity index (χ4v) is 6.33. The number of halogens is 4. The summed E-state index contributed by atoms with van der Waals surface area (Å²) in [6.07, 6.45) is -0.375. The molecule has 0 saturated heterocycles. The SMILES string of the molecule is CC(=O)OCCCP(=O)(C(=O)c1c(Cl)cccc1Cl)C(=O)c1c(Cl)cccc1Cl. The van der Waals surface area contributed by atoms with E-state index in [-0.39, 0.29) is 50.4 Å². The maximum absolute atomic E-state index is 13.8. The van der Waals surface area contributed by atoms with Crippen LogP contribution in [0, 0.1) is 0 Å². The maximum atomic E-state index is 13.8. The van der Waals surface area contributed by atoms with Crippen molar-refractivity contribution in [3.8, 4) is 0 Å². The molecule has 0 N–H and O–H groups in total. The van der Waals surface area contributed by atoms with Gasteiger partial charge in [-0.15, -0.1) is 0 Å². The molecule has 154 valence electrons. The summed E-state index contributed by atoms with van der Waals surface area (Å²) in [4.78, 5) is 37.4. The van der Waals surface area contributed by atoms with Crippen LogP contribution in [0.4, 0.5) is 0 Å². The molecule has 0 atom stereocenters. The Hall–Kier alpha value is -1.36. The number of hydrogen-bond acceptors (Lipinski definition) is 5. The molecule has 0 fully saturated rings. The monoisotopic (exact) mass is 494 g/mol. The molecule has 0 saturated carbocycles. The fraction of sp³-hybridized carbons (Fsp3) is 0.211. The molecule has 2 rings (SSSR count). The van der Waals surface area contributed by atoms with Crippen LogP contribution in [0.15, 0.2) is 36.4 Å². The Kier molecular flexibility index (Phi) is 8.33. The summed E-state index contributed by atoms with van der Waals surface area (Å²) in [6.45, 7) is 1.09. The normalized spacial score (nSPS) is 11.2. The second-order valence-electron chi connectivity index (χ2n) is 5.96. The minimum atomic E-state index is -4.32. The summed E-state index contributed by atoms with van der Waals surface area (Å²) in [6, 6.07) is 8.63. The van der Waals surface area contributed by atoms with Gasteiger partial charge < -0.3 is 9.30 Å². The van der Waals surface area contributed by atoms with Gasteiger partial charge in [0.05, 0.1) is 37.8 Å². The number of carbonyl (C=O) groups excluding carboxylic acids is 3. The minimum absolute atomic E-state index is 0.00151. The van der Waals surface area contributed by atoms with E-state index in [9.17, 15) is 18.9 Å². The largest absolute Gasteiger partial charge is 0.466 e. The Morgan fingerprint density at radius 1 is 0.828 bits per heavy atom. The molecule has 29 heavy (non-hydrogen) atoms. The summed E-state index contributed by atoms with van der Waals surface area (Å²) in [5.41, 5.74) is -2.44. The summed E-state index contributed by atoms with van der Waals surface area (Å²) >= 11 is 24.3. The van der Waals surface area contributed by atoms with Crippen LogP contribution in [0.5, 0.6) is 0 Å². The van der Waals surface area contributed by atoms with Gasteiger partial charge in [-0.25, -0.2) is 0 Å². The molecular formula is C19H15Cl4O5P. The average molecular weight is 496 g/mol. The van der Waals surface area contributed by atoms with E-state index in [0.29, 0.717) is 0 Å². The van der Waals surface area contributed by atoms with Crippen molar-refractivity contribution in [2.75, 3.05) is 12.8 Å².